The van der Waals surface area contributed by atoms with Crippen LogP contribution in [0.4, 0.5) is 5.69 Å². The number of amides is 1. The second-order valence-corrected chi connectivity index (χ2v) is 4.17. The van der Waals surface area contributed by atoms with Crippen LogP contribution in [0.25, 0.3) is 0 Å². The van der Waals surface area contributed by atoms with Crippen LogP contribution in [-0.4, -0.2) is 32.1 Å². The maximum Gasteiger partial charge on any atom is 0.250 e. The number of carbonyl (C=O) groups is 1. The molecule has 86 valence electrons. The van der Waals surface area contributed by atoms with Crippen LogP contribution < -0.4 is 16.0 Å². The number of nitrogens with zero attached hydrogens (tertiary/aromatic N) is 1. The number of primary amides is 1. The standard InChI is InChI=1S/C11H14ClN3O/c12-10-7-8(1-2-9(10)11(13)16)15-5-3-14-4-6-15/h1-2,7,14H,3-6H2,(H2,13,16). The fraction of sp³-hybridized carbons (Fsp3) is 0.364. The summed E-state index contributed by atoms with van der Waals surface area (Å²) in [5.41, 5.74) is 6.61. The maximum atomic E-state index is 11.0. The van der Waals surface area contributed by atoms with Crippen LogP contribution >= 0.6 is 11.6 Å². The molecule has 0 aliphatic carbocycles. The van der Waals surface area contributed by atoms with Gasteiger partial charge in [-0.15, -0.1) is 0 Å². The van der Waals surface area contributed by atoms with E-state index in [-0.39, 0.29) is 0 Å². The first-order valence-electron chi connectivity index (χ1n) is 5.23. The van der Waals surface area contributed by atoms with E-state index in [1.165, 1.54) is 0 Å². The predicted octanol–water partition coefficient (Wildman–Crippen LogP) is 0.849. The Labute approximate surface area is 99.4 Å². The molecule has 0 saturated carbocycles. The molecule has 5 heteroatoms. The molecule has 0 bridgehead atoms. The van der Waals surface area contributed by atoms with Crippen LogP contribution in [0.2, 0.25) is 5.02 Å². The zero-order valence-electron chi connectivity index (χ0n) is 8.87. The van der Waals surface area contributed by atoms with Gasteiger partial charge in [0.15, 0.2) is 0 Å². The van der Waals surface area contributed by atoms with Crippen molar-refractivity contribution in [3.05, 3.63) is 28.8 Å². The quantitative estimate of drug-likeness (QED) is 0.805. The summed E-state index contributed by atoms with van der Waals surface area (Å²) in [4.78, 5) is 13.3. The third-order valence-electron chi connectivity index (χ3n) is 2.70. The highest BCUT2D eigenvalue weighted by atomic mass is 35.5. The first-order valence-corrected chi connectivity index (χ1v) is 5.61. The minimum absolute atomic E-state index is 0.376. The van der Waals surface area contributed by atoms with Crippen LogP contribution in [0.5, 0.6) is 0 Å². The Morgan fingerprint density at radius 2 is 2.06 bits per heavy atom. The highest BCUT2D eigenvalue weighted by Gasteiger charge is 2.13. The van der Waals surface area contributed by atoms with Gasteiger partial charge in [-0.2, -0.15) is 0 Å². The van der Waals surface area contributed by atoms with Crippen molar-refractivity contribution in [2.75, 3.05) is 31.1 Å². The molecule has 16 heavy (non-hydrogen) atoms. The zero-order chi connectivity index (χ0) is 11.5. The van der Waals surface area contributed by atoms with Crippen molar-refractivity contribution in [1.82, 2.24) is 5.32 Å². The summed E-state index contributed by atoms with van der Waals surface area (Å²) >= 11 is 6.00. The van der Waals surface area contributed by atoms with E-state index in [1.54, 1.807) is 12.1 Å². The number of rotatable bonds is 2. The van der Waals surface area contributed by atoms with E-state index in [9.17, 15) is 4.79 Å². The molecule has 1 aliphatic rings. The topological polar surface area (TPSA) is 58.4 Å². The van der Waals surface area contributed by atoms with Crippen LogP contribution in [0, 0.1) is 0 Å². The fourth-order valence-electron chi connectivity index (χ4n) is 1.82. The molecule has 1 aliphatic heterocycles. The van der Waals surface area contributed by atoms with Gasteiger partial charge in [0.05, 0.1) is 10.6 Å². The monoisotopic (exact) mass is 239 g/mol. The van der Waals surface area contributed by atoms with Crippen molar-refractivity contribution in [1.29, 1.82) is 0 Å². The number of piperazine rings is 1. The molecule has 1 heterocycles. The molecular weight excluding hydrogens is 226 g/mol. The highest BCUT2D eigenvalue weighted by Crippen LogP contribution is 2.23. The van der Waals surface area contributed by atoms with Gasteiger partial charge >= 0.3 is 0 Å². The van der Waals surface area contributed by atoms with Crippen molar-refractivity contribution in [3.63, 3.8) is 0 Å². The first-order chi connectivity index (χ1) is 7.68. The minimum Gasteiger partial charge on any atom is -0.369 e. The maximum absolute atomic E-state index is 11.0. The predicted molar refractivity (Wildman–Crippen MR) is 65.1 cm³/mol. The summed E-state index contributed by atoms with van der Waals surface area (Å²) in [6.07, 6.45) is 0. The number of hydrogen-bond acceptors (Lipinski definition) is 3. The zero-order valence-corrected chi connectivity index (χ0v) is 9.63. The molecule has 0 aromatic heterocycles. The molecule has 0 atom stereocenters. The molecule has 0 unspecified atom stereocenters. The Bertz CT molecular complexity index is 402. The van der Waals surface area contributed by atoms with Gasteiger partial charge in [-0.1, -0.05) is 11.6 Å². The van der Waals surface area contributed by atoms with Crippen molar-refractivity contribution in [2.45, 2.75) is 0 Å². The first kappa shape index (κ1) is 11.2. The van der Waals surface area contributed by atoms with Crippen LogP contribution in [0.3, 0.4) is 0 Å². The van der Waals surface area contributed by atoms with Gasteiger partial charge < -0.3 is 16.0 Å². The molecule has 1 amide bonds. The lowest BCUT2D eigenvalue weighted by Crippen LogP contribution is -2.43. The number of nitrogens with two attached hydrogens (primary N) is 1. The van der Waals surface area contributed by atoms with Gasteiger partial charge in [-0.05, 0) is 18.2 Å². The van der Waals surface area contributed by atoms with Crippen molar-refractivity contribution >= 4 is 23.2 Å². The molecule has 1 saturated heterocycles. The smallest absolute Gasteiger partial charge is 0.250 e. The Morgan fingerprint density at radius 3 is 2.62 bits per heavy atom. The Morgan fingerprint density at radius 1 is 1.38 bits per heavy atom. The molecule has 1 aromatic rings. The van der Waals surface area contributed by atoms with Gasteiger partial charge in [0.2, 0.25) is 5.91 Å². The van der Waals surface area contributed by atoms with Crippen LogP contribution in [0.1, 0.15) is 10.4 Å². The number of hydrogen-bond donors (Lipinski definition) is 2. The SMILES string of the molecule is NC(=O)c1ccc(N2CCNCC2)cc1Cl. The summed E-state index contributed by atoms with van der Waals surface area (Å²) in [7, 11) is 0. The second kappa shape index (κ2) is 4.72. The van der Waals surface area contributed by atoms with Gasteiger partial charge in [0.1, 0.15) is 0 Å². The average molecular weight is 240 g/mol. The second-order valence-electron chi connectivity index (χ2n) is 3.77. The van der Waals surface area contributed by atoms with Crippen molar-refractivity contribution in [2.24, 2.45) is 5.73 Å². The van der Waals surface area contributed by atoms with Crippen molar-refractivity contribution < 1.29 is 4.79 Å². The molecule has 1 fully saturated rings. The molecule has 4 nitrogen and oxygen atoms in total. The normalized spacial score (nSPS) is 16.2. The number of carbonyl (C=O) groups excluding carboxylic acids is 1. The molecule has 1 aromatic carbocycles. The van der Waals surface area contributed by atoms with E-state index in [0.29, 0.717) is 10.6 Å². The van der Waals surface area contributed by atoms with E-state index in [1.807, 2.05) is 6.07 Å². The Balaban J connectivity index is 2.23. The van der Waals surface area contributed by atoms with E-state index in [4.69, 9.17) is 17.3 Å². The molecule has 0 spiro atoms. The summed E-state index contributed by atoms with van der Waals surface area (Å²) in [5, 5.41) is 3.70. The summed E-state index contributed by atoms with van der Waals surface area (Å²) in [6, 6.07) is 5.37. The van der Waals surface area contributed by atoms with Crippen molar-refractivity contribution in [3.8, 4) is 0 Å². The van der Waals surface area contributed by atoms with Crippen LogP contribution in [0.15, 0.2) is 18.2 Å². The average Bonchev–Trinajstić information content (AvgIpc) is 2.29. The fourth-order valence-corrected chi connectivity index (χ4v) is 2.09. The lowest BCUT2D eigenvalue weighted by molar-refractivity contribution is 0.100. The number of anilines is 1. The highest BCUT2D eigenvalue weighted by molar-refractivity contribution is 6.34. The lowest BCUT2D eigenvalue weighted by Gasteiger charge is -2.29. The molecule has 3 N–H and O–H groups in total. The third-order valence-corrected chi connectivity index (χ3v) is 3.01. The Hall–Kier alpha value is -1.26. The summed E-state index contributed by atoms with van der Waals surface area (Å²) in [5.74, 6) is -0.489. The van der Waals surface area contributed by atoms with Gasteiger partial charge in [0, 0.05) is 31.9 Å². The molecule has 2 rings (SSSR count). The lowest BCUT2D eigenvalue weighted by atomic mass is 10.1. The number of halogens is 1. The molecular formula is C11H14ClN3O. The van der Waals surface area contributed by atoms with E-state index < -0.39 is 5.91 Å². The minimum atomic E-state index is -0.489. The Kier molecular flexibility index (Phi) is 3.31. The van der Waals surface area contributed by atoms with E-state index in [2.05, 4.69) is 10.2 Å². The van der Waals surface area contributed by atoms with E-state index >= 15 is 0 Å². The molecule has 0 radical (unpaired) electrons. The third kappa shape index (κ3) is 2.28. The van der Waals surface area contributed by atoms with Crippen LogP contribution in [-0.2, 0) is 0 Å². The summed E-state index contributed by atoms with van der Waals surface area (Å²) < 4.78 is 0. The largest absolute Gasteiger partial charge is 0.369 e. The van der Waals surface area contributed by atoms with Gasteiger partial charge in [-0.3, -0.25) is 4.79 Å². The van der Waals surface area contributed by atoms with E-state index in [0.717, 1.165) is 31.9 Å². The van der Waals surface area contributed by atoms with Gasteiger partial charge in [-0.25, -0.2) is 0 Å². The number of nitrogens with one attached hydrogen (secondary N) is 1. The summed E-state index contributed by atoms with van der Waals surface area (Å²) in [6.45, 7) is 3.84. The van der Waals surface area contributed by atoms with Gasteiger partial charge in [0.25, 0.3) is 0 Å². The number of benzene rings is 1.